The van der Waals surface area contributed by atoms with Crippen LogP contribution in [0, 0.1) is 0 Å². The van der Waals surface area contributed by atoms with Gasteiger partial charge in [0.1, 0.15) is 23.7 Å². The molecule has 12 nitrogen and oxygen atoms in total. The summed E-state index contributed by atoms with van der Waals surface area (Å²) in [7, 11) is 0. The molecule has 0 spiro atoms. The van der Waals surface area contributed by atoms with Crippen molar-refractivity contribution in [1.29, 1.82) is 0 Å². The summed E-state index contributed by atoms with van der Waals surface area (Å²) in [5.41, 5.74) is 3.43. The average Bonchev–Trinajstić information content (AvgIpc) is 3.75. The Morgan fingerprint density at radius 2 is 1.09 bits per heavy atom. The molecule has 0 unspecified atom stereocenters. The molecule has 4 aromatic heterocycles. The molecule has 0 bridgehead atoms. The van der Waals surface area contributed by atoms with E-state index in [-0.39, 0.29) is 32.6 Å². The molecule has 6 aromatic rings. The van der Waals surface area contributed by atoms with Crippen molar-refractivity contribution in [2.45, 2.75) is 48.4 Å². The summed E-state index contributed by atoms with van der Waals surface area (Å²) in [5.74, 6) is 0.772. The van der Waals surface area contributed by atoms with E-state index >= 15 is 0 Å². The first-order valence-corrected chi connectivity index (χ1v) is 18.7. The van der Waals surface area contributed by atoms with E-state index in [1.807, 2.05) is 0 Å². The smallest absolute Gasteiger partial charge is 0.182 e. The standard InChI is InChI=1S/2C12H9N5O.2C4H9.Sn/c2*18-9-4-2-1-3-8(9)5-13-11-10-12(15-6-14-10)17-7-16-11;2*1-3-4-2;/h2*1-7,18H,(H,14,15,16,17);2*1,3-4H2,2H3;/q;;;;+2/p-2. The Morgan fingerprint density at radius 1 is 0.644 bits per heavy atom. The number of imidazole rings is 2. The first-order chi connectivity index (χ1) is 22.1. The van der Waals surface area contributed by atoms with Gasteiger partial charge in [-0.1, -0.05) is 48.5 Å². The van der Waals surface area contributed by atoms with Crippen LogP contribution in [0.5, 0.6) is 11.5 Å². The number of rotatable bonds is 10. The molecule has 0 fully saturated rings. The number of para-hydroxylation sites is 2. The Balaban J connectivity index is 0.000000164. The molecule has 6 rings (SSSR count). The van der Waals surface area contributed by atoms with E-state index in [1.165, 1.54) is 75.6 Å². The summed E-state index contributed by atoms with van der Waals surface area (Å²) in [6, 6.07) is 13.4. The van der Waals surface area contributed by atoms with Crippen LogP contribution in [0.3, 0.4) is 0 Å². The van der Waals surface area contributed by atoms with Crippen molar-refractivity contribution in [3.05, 3.63) is 85.0 Å². The number of aliphatic imine (C=N–C) groups is 2. The maximum atomic E-state index is 11.5. The Morgan fingerprint density at radius 3 is 1.51 bits per heavy atom. The zero-order valence-corrected chi connectivity index (χ0v) is 28.1. The van der Waals surface area contributed by atoms with Crippen LogP contribution in [0.15, 0.2) is 83.8 Å². The third-order valence-electron chi connectivity index (χ3n) is 6.31. The third-order valence-corrected chi connectivity index (χ3v) is 10.3. The number of nitrogens with zero attached hydrogens (tertiary/aromatic N) is 8. The molecule has 228 valence electrons. The van der Waals surface area contributed by atoms with E-state index in [2.05, 4.69) is 63.7 Å². The fraction of sp³-hybridized carbons (Fsp3) is 0.250. The quantitative estimate of drug-likeness (QED) is 0.107. The number of hydrogen-bond donors (Lipinski definition) is 2. The van der Waals surface area contributed by atoms with Crippen molar-refractivity contribution in [3.63, 3.8) is 0 Å². The minimum atomic E-state index is -0.0730. The van der Waals surface area contributed by atoms with Gasteiger partial charge in [-0.3, -0.25) is 0 Å². The van der Waals surface area contributed by atoms with E-state index in [9.17, 15) is 10.2 Å². The second kappa shape index (κ2) is 18.2. The van der Waals surface area contributed by atoms with E-state index in [0.29, 0.717) is 45.1 Å². The molecular formula is C32H34N10O2Sn. The molecule has 0 aliphatic carbocycles. The first kappa shape index (κ1) is 33.2. The van der Waals surface area contributed by atoms with Crippen molar-refractivity contribution >= 4 is 67.5 Å². The Bertz CT molecular complexity index is 1690. The molecule has 2 N–H and O–H groups in total. The van der Waals surface area contributed by atoms with Gasteiger partial charge in [0.2, 0.25) is 0 Å². The number of hydrogen-bond acceptors (Lipinski definition) is 10. The van der Waals surface area contributed by atoms with E-state index in [1.54, 1.807) is 45.3 Å². The van der Waals surface area contributed by atoms with Gasteiger partial charge in [0.25, 0.3) is 0 Å². The summed E-state index contributed by atoms with van der Waals surface area (Å²) >= 11 is 0.149. The van der Waals surface area contributed by atoms with Crippen LogP contribution >= 0.6 is 0 Å². The van der Waals surface area contributed by atoms with E-state index in [4.69, 9.17) is 0 Å². The molecule has 0 saturated carbocycles. The van der Waals surface area contributed by atoms with Gasteiger partial charge in [-0.25, -0.2) is 39.9 Å². The minimum absolute atomic E-state index is 0.0730. The van der Waals surface area contributed by atoms with Crippen LogP contribution in [-0.2, 0) is 0 Å². The van der Waals surface area contributed by atoms with Crippen molar-refractivity contribution in [2.75, 3.05) is 0 Å². The van der Waals surface area contributed by atoms with Gasteiger partial charge < -0.3 is 20.2 Å². The fourth-order valence-electron chi connectivity index (χ4n) is 3.86. The normalized spacial score (nSPS) is 10.9. The van der Waals surface area contributed by atoms with Crippen LogP contribution in [0.2, 0.25) is 8.87 Å². The minimum Gasteiger partial charge on any atom is -0.872 e. The van der Waals surface area contributed by atoms with Gasteiger partial charge in [-0.05, 0) is 11.1 Å². The third kappa shape index (κ3) is 10.2. The molecule has 0 amide bonds. The predicted octanol–water partition coefficient (Wildman–Crippen LogP) is 5.48. The van der Waals surface area contributed by atoms with Gasteiger partial charge in [-0.15, -0.1) is 11.5 Å². The molecule has 45 heavy (non-hydrogen) atoms. The fourth-order valence-corrected chi connectivity index (χ4v) is 8.02. The molecule has 13 heteroatoms. The zero-order valence-electron chi connectivity index (χ0n) is 25.2. The molecule has 0 saturated heterocycles. The number of benzene rings is 2. The second-order valence-corrected chi connectivity index (χ2v) is 13.9. The maximum Gasteiger partial charge on any atom is 0.182 e. The van der Waals surface area contributed by atoms with Gasteiger partial charge in [0.05, 0.1) is 12.7 Å². The number of nitrogens with one attached hydrogen (secondary N) is 2. The van der Waals surface area contributed by atoms with Crippen molar-refractivity contribution in [1.82, 2.24) is 39.9 Å². The van der Waals surface area contributed by atoms with Gasteiger partial charge >= 0.3 is 69.5 Å². The topological polar surface area (TPSA) is 180 Å². The predicted molar refractivity (Wildman–Crippen MR) is 175 cm³/mol. The van der Waals surface area contributed by atoms with Crippen LogP contribution in [0.4, 0.5) is 11.6 Å². The molecule has 0 radical (unpaired) electrons. The monoisotopic (exact) mass is 710 g/mol. The maximum absolute atomic E-state index is 11.5. The number of H-pyrrole nitrogens is 2. The van der Waals surface area contributed by atoms with E-state index in [0.717, 1.165) is 0 Å². The Kier molecular flexibility index (Phi) is 13.4. The molecule has 2 aromatic carbocycles. The molecule has 0 aliphatic rings. The van der Waals surface area contributed by atoms with Gasteiger partial charge in [-0.2, -0.15) is 0 Å². The number of aromatic amines is 2. The molecular weight excluding hydrogens is 675 g/mol. The van der Waals surface area contributed by atoms with E-state index < -0.39 is 0 Å². The van der Waals surface area contributed by atoms with Crippen LogP contribution in [-0.4, -0.2) is 73.4 Å². The summed E-state index contributed by atoms with van der Waals surface area (Å²) < 4.78 is 3.25. The van der Waals surface area contributed by atoms with Crippen molar-refractivity contribution in [2.24, 2.45) is 9.98 Å². The van der Waals surface area contributed by atoms with Crippen molar-refractivity contribution < 1.29 is 10.2 Å². The summed E-state index contributed by atoms with van der Waals surface area (Å²) in [5, 5.41) is 23.0. The van der Waals surface area contributed by atoms with Crippen LogP contribution < -0.4 is 10.2 Å². The number of aromatic nitrogens is 8. The molecule has 0 aliphatic heterocycles. The summed E-state index contributed by atoms with van der Waals surface area (Å²) in [6.07, 6.45) is 14.7. The largest absolute Gasteiger partial charge is 0.872 e. The Hall–Kier alpha value is -4.72. The zero-order chi connectivity index (χ0) is 31.7. The number of fused-ring (bicyclic) bond motifs is 2. The molecule has 4 heterocycles. The van der Waals surface area contributed by atoms with Gasteiger partial charge in [0.15, 0.2) is 22.9 Å². The van der Waals surface area contributed by atoms with Crippen LogP contribution in [0.1, 0.15) is 50.7 Å². The Labute approximate surface area is 271 Å². The summed E-state index contributed by atoms with van der Waals surface area (Å²) in [6.45, 7) is 4.58. The first-order valence-electron chi connectivity index (χ1n) is 14.7. The van der Waals surface area contributed by atoms with Crippen molar-refractivity contribution in [3.8, 4) is 11.5 Å². The van der Waals surface area contributed by atoms with Crippen LogP contribution in [0.25, 0.3) is 22.3 Å². The average molecular weight is 709 g/mol. The molecule has 0 atom stereocenters. The second-order valence-electron chi connectivity index (χ2n) is 9.65. The summed E-state index contributed by atoms with van der Waals surface area (Å²) in [4.78, 5) is 38.3. The SMILES string of the molecule is CCC[CH2][Sn+2][CH2]CCC.[O-]c1ccccc1C=Nc1ncnc2nc[nH]c12.[O-]c1ccccc1C=Nc1ncnc2nc[nH]c12. The van der Waals surface area contributed by atoms with Gasteiger partial charge in [0, 0.05) is 12.4 Å². The number of unbranched alkanes of at least 4 members (excludes halogenated alkanes) is 2.